The van der Waals surface area contributed by atoms with Crippen LogP contribution in [-0.2, 0) is 6.54 Å². The zero-order valence-electron chi connectivity index (χ0n) is 9.11. The third-order valence-electron chi connectivity index (χ3n) is 2.25. The van der Waals surface area contributed by atoms with Crippen LogP contribution in [0.15, 0.2) is 42.7 Å². The summed E-state index contributed by atoms with van der Waals surface area (Å²) in [7, 11) is 0. The minimum atomic E-state index is -1.03. The molecular weight excluding hydrogens is 220 g/mol. The fourth-order valence-electron chi connectivity index (χ4n) is 1.47. The van der Waals surface area contributed by atoms with Crippen LogP contribution in [0.4, 0.5) is 0 Å². The second-order valence-corrected chi connectivity index (χ2v) is 3.41. The van der Waals surface area contributed by atoms with E-state index < -0.39 is 5.97 Å². The van der Waals surface area contributed by atoms with Gasteiger partial charge in [0.15, 0.2) is 0 Å². The van der Waals surface area contributed by atoms with E-state index in [4.69, 9.17) is 9.84 Å². The maximum atomic E-state index is 10.8. The number of para-hydroxylation sites is 1. The molecule has 1 aromatic carbocycles. The second kappa shape index (κ2) is 5.16. The number of carboxylic acids is 1. The Morgan fingerprint density at radius 1 is 1.35 bits per heavy atom. The summed E-state index contributed by atoms with van der Waals surface area (Å²) >= 11 is 0. The summed E-state index contributed by atoms with van der Waals surface area (Å²) in [5, 5.41) is 8.85. The Bertz CT molecular complexity index is 493. The van der Waals surface area contributed by atoms with Gasteiger partial charge in [0.05, 0.1) is 6.54 Å². The smallest absolute Gasteiger partial charge is 0.372 e. The summed E-state index contributed by atoms with van der Waals surface area (Å²) in [5.41, 5.74) is 0. The molecule has 5 heteroatoms. The Kier molecular flexibility index (Phi) is 3.40. The van der Waals surface area contributed by atoms with Crippen molar-refractivity contribution in [1.29, 1.82) is 0 Å². The molecule has 0 aliphatic heterocycles. The molecule has 0 spiro atoms. The lowest BCUT2D eigenvalue weighted by atomic mass is 10.3. The highest BCUT2D eigenvalue weighted by atomic mass is 16.5. The van der Waals surface area contributed by atoms with Crippen LogP contribution in [0.3, 0.4) is 0 Å². The van der Waals surface area contributed by atoms with Gasteiger partial charge in [-0.05, 0) is 12.1 Å². The first-order chi connectivity index (χ1) is 8.27. The van der Waals surface area contributed by atoms with Crippen LogP contribution in [0, 0.1) is 0 Å². The van der Waals surface area contributed by atoms with E-state index >= 15 is 0 Å². The minimum Gasteiger partial charge on any atom is -0.492 e. The molecular formula is C12H12N2O3. The lowest BCUT2D eigenvalue weighted by Gasteiger charge is -2.07. The van der Waals surface area contributed by atoms with Gasteiger partial charge in [-0.2, -0.15) is 0 Å². The van der Waals surface area contributed by atoms with E-state index in [9.17, 15) is 4.79 Å². The largest absolute Gasteiger partial charge is 0.492 e. The van der Waals surface area contributed by atoms with E-state index in [1.54, 1.807) is 10.8 Å². The molecule has 0 aliphatic rings. The number of rotatable bonds is 5. The fraction of sp³-hybridized carbons (Fsp3) is 0.167. The van der Waals surface area contributed by atoms with Crippen molar-refractivity contribution < 1.29 is 14.6 Å². The van der Waals surface area contributed by atoms with Crippen LogP contribution in [-0.4, -0.2) is 27.2 Å². The summed E-state index contributed by atoms with van der Waals surface area (Å²) in [4.78, 5) is 14.5. The molecule has 2 rings (SSSR count). The zero-order valence-corrected chi connectivity index (χ0v) is 9.11. The van der Waals surface area contributed by atoms with Crippen LogP contribution < -0.4 is 4.74 Å². The Morgan fingerprint density at radius 3 is 2.82 bits per heavy atom. The predicted molar refractivity (Wildman–Crippen MR) is 61.1 cm³/mol. The van der Waals surface area contributed by atoms with Crippen molar-refractivity contribution in [1.82, 2.24) is 9.55 Å². The molecule has 88 valence electrons. The van der Waals surface area contributed by atoms with Crippen LogP contribution in [0.5, 0.6) is 5.75 Å². The van der Waals surface area contributed by atoms with Gasteiger partial charge in [-0.15, -0.1) is 0 Å². The van der Waals surface area contributed by atoms with Crippen LogP contribution in [0.2, 0.25) is 0 Å². The van der Waals surface area contributed by atoms with E-state index in [1.807, 2.05) is 30.3 Å². The van der Waals surface area contributed by atoms with Crippen LogP contribution in [0.25, 0.3) is 0 Å². The lowest BCUT2D eigenvalue weighted by Crippen LogP contribution is -2.13. The molecule has 0 aliphatic carbocycles. The SMILES string of the molecule is O=C(O)c1nccn1CCOc1ccccc1. The molecule has 1 heterocycles. The normalized spacial score (nSPS) is 10.1. The average Bonchev–Trinajstić information content (AvgIpc) is 2.79. The number of aromatic nitrogens is 2. The third-order valence-corrected chi connectivity index (χ3v) is 2.25. The van der Waals surface area contributed by atoms with Gasteiger partial charge in [0.1, 0.15) is 12.4 Å². The van der Waals surface area contributed by atoms with E-state index in [0.717, 1.165) is 5.75 Å². The third kappa shape index (κ3) is 2.84. The van der Waals surface area contributed by atoms with Crippen molar-refractivity contribution in [2.75, 3.05) is 6.61 Å². The lowest BCUT2D eigenvalue weighted by molar-refractivity contribution is 0.0677. The number of imidazole rings is 1. The van der Waals surface area contributed by atoms with Gasteiger partial charge in [0.25, 0.3) is 0 Å². The Balaban J connectivity index is 1.90. The van der Waals surface area contributed by atoms with Crippen molar-refractivity contribution in [3.05, 3.63) is 48.5 Å². The number of nitrogens with zero attached hydrogens (tertiary/aromatic N) is 2. The summed E-state index contributed by atoms with van der Waals surface area (Å²) in [6.45, 7) is 0.858. The minimum absolute atomic E-state index is 0.0293. The Hall–Kier alpha value is -2.30. The summed E-state index contributed by atoms with van der Waals surface area (Å²) in [6.07, 6.45) is 3.09. The molecule has 0 fully saturated rings. The molecule has 1 N–H and O–H groups in total. The molecule has 1 aromatic heterocycles. The zero-order chi connectivity index (χ0) is 12.1. The molecule has 2 aromatic rings. The first kappa shape index (κ1) is 11.2. The van der Waals surface area contributed by atoms with Crippen LogP contribution >= 0.6 is 0 Å². The number of benzene rings is 1. The predicted octanol–water partition coefficient (Wildman–Crippen LogP) is 1.66. The molecule has 0 atom stereocenters. The highest BCUT2D eigenvalue weighted by Crippen LogP contribution is 2.08. The molecule has 0 radical (unpaired) electrons. The molecule has 0 bridgehead atoms. The van der Waals surface area contributed by atoms with Crippen molar-refractivity contribution in [2.45, 2.75) is 6.54 Å². The summed E-state index contributed by atoms with van der Waals surface area (Å²) in [5.74, 6) is -0.235. The van der Waals surface area contributed by atoms with E-state index in [0.29, 0.717) is 13.2 Å². The van der Waals surface area contributed by atoms with Crippen molar-refractivity contribution in [2.24, 2.45) is 0 Å². The molecule has 0 saturated heterocycles. The summed E-state index contributed by atoms with van der Waals surface area (Å²) in [6, 6.07) is 9.38. The number of ether oxygens (including phenoxy) is 1. The Morgan fingerprint density at radius 2 is 2.12 bits per heavy atom. The quantitative estimate of drug-likeness (QED) is 0.851. The van der Waals surface area contributed by atoms with Gasteiger partial charge in [-0.3, -0.25) is 0 Å². The molecule has 0 saturated carbocycles. The molecule has 0 unspecified atom stereocenters. The number of carbonyl (C=O) groups is 1. The molecule has 5 nitrogen and oxygen atoms in total. The summed E-state index contributed by atoms with van der Waals surface area (Å²) < 4.78 is 7.02. The maximum absolute atomic E-state index is 10.8. The van der Waals surface area contributed by atoms with Crippen molar-refractivity contribution in [3.8, 4) is 5.75 Å². The van der Waals surface area contributed by atoms with Gasteiger partial charge >= 0.3 is 5.97 Å². The van der Waals surface area contributed by atoms with Gasteiger partial charge in [0, 0.05) is 12.4 Å². The maximum Gasteiger partial charge on any atom is 0.372 e. The van der Waals surface area contributed by atoms with E-state index in [2.05, 4.69) is 4.98 Å². The van der Waals surface area contributed by atoms with Crippen molar-refractivity contribution >= 4 is 5.97 Å². The second-order valence-electron chi connectivity index (χ2n) is 3.41. The standard InChI is InChI=1S/C12H12N2O3/c15-12(16)11-13-6-7-14(11)8-9-17-10-4-2-1-3-5-10/h1-7H,8-9H2,(H,15,16). The Labute approximate surface area is 98.3 Å². The van der Waals surface area contributed by atoms with Crippen LogP contribution in [0.1, 0.15) is 10.6 Å². The molecule has 17 heavy (non-hydrogen) atoms. The number of carboxylic acid groups (broad SMARTS) is 1. The van der Waals surface area contributed by atoms with E-state index in [1.165, 1.54) is 6.20 Å². The topological polar surface area (TPSA) is 64.3 Å². The monoisotopic (exact) mass is 232 g/mol. The van der Waals surface area contributed by atoms with Gasteiger partial charge in [0.2, 0.25) is 5.82 Å². The highest BCUT2D eigenvalue weighted by Gasteiger charge is 2.09. The average molecular weight is 232 g/mol. The highest BCUT2D eigenvalue weighted by molar-refractivity contribution is 5.83. The first-order valence-electron chi connectivity index (χ1n) is 5.19. The number of hydrogen-bond acceptors (Lipinski definition) is 3. The van der Waals surface area contributed by atoms with Gasteiger partial charge < -0.3 is 14.4 Å². The fourth-order valence-corrected chi connectivity index (χ4v) is 1.47. The van der Waals surface area contributed by atoms with Gasteiger partial charge in [-0.1, -0.05) is 18.2 Å². The number of aromatic carboxylic acids is 1. The van der Waals surface area contributed by atoms with Gasteiger partial charge in [-0.25, -0.2) is 9.78 Å². The number of hydrogen-bond donors (Lipinski definition) is 1. The van der Waals surface area contributed by atoms with E-state index in [-0.39, 0.29) is 5.82 Å². The molecule has 0 amide bonds. The van der Waals surface area contributed by atoms with Crippen molar-refractivity contribution in [3.63, 3.8) is 0 Å². The first-order valence-corrected chi connectivity index (χ1v) is 5.19.